The van der Waals surface area contributed by atoms with Gasteiger partial charge in [-0.1, -0.05) is 53.8 Å². The van der Waals surface area contributed by atoms with Gasteiger partial charge >= 0.3 is 4.87 Å². The number of fused-ring (bicyclic) bond motifs is 1. The summed E-state index contributed by atoms with van der Waals surface area (Å²) in [5, 5.41) is 11.7. The zero-order chi connectivity index (χ0) is 18.8. The maximum Gasteiger partial charge on any atom is 0.307 e. The van der Waals surface area contributed by atoms with Gasteiger partial charge < -0.3 is 9.84 Å². The van der Waals surface area contributed by atoms with Crippen LogP contribution in [-0.2, 0) is 13.0 Å². The van der Waals surface area contributed by atoms with Gasteiger partial charge in [-0.25, -0.2) is 4.39 Å². The van der Waals surface area contributed by atoms with Gasteiger partial charge in [-0.05, 0) is 34.5 Å². The second kappa shape index (κ2) is 7.25. The number of hydrogen-bond acceptors (Lipinski definition) is 4. The summed E-state index contributed by atoms with van der Waals surface area (Å²) in [6, 6.07) is 18.2. The molecular weight excluding hydrogens is 365 g/mol. The van der Waals surface area contributed by atoms with Crippen molar-refractivity contribution in [3.05, 3.63) is 92.2 Å². The number of aromatic amines is 1. The molecule has 0 saturated heterocycles. The van der Waals surface area contributed by atoms with E-state index in [9.17, 15) is 14.3 Å². The van der Waals surface area contributed by atoms with Gasteiger partial charge in [0, 0.05) is 12.0 Å². The van der Waals surface area contributed by atoms with E-state index >= 15 is 0 Å². The van der Waals surface area contributed by atoms with Crippen LogP contribution in [0.3, 0.4) is 0 Å². The maximum atomic E-state index is 13.7. The largest absolute Gasteiger partial charge is 0.494 e. The Hall–Kier alpha value is -3.12. The van der Waals surface area contributed by atoms with Gasteiger partial charge in [-0.2, -0.15) is 0 Å². The molecule has 0 aliphatic rings. The second-order valence-electron chi connectivity index (χ2n) is 6.19. The van der Waals surface area contributed by atoms with Crippen LogP contribution in [0.4, 0.5) is 4.39 Å². The van der Waals surface area contributed by atoms with Crippen LogP contribution < -0.4 is 9.61 Å². The number of rotatable bonds is 5. The van der Waals surface area contributed by atoms with Crippen LogP contribution in [0.25, 0.3) is 10.8 Å². The second-order valence-corrected chi connectivity index (χ2v) is 7.25. The van der Waals surface area contributed by atoms with Crippen LogP contribution >= 0.6 is 11.3 Å². The number of halogens is 1. The fraction of sp³-hybridized carbons (Fsp3) is 0.0952. The first-order chi connectivity index (χ1) is 13.1. The van der Waals surface area contributed by atoms with Crippen molar-refractivity contribution in [1.82, 2.24) is 4.98 Å². The Labute approximate surface area is 158 Å². The third-order valence-corrected chi connectivity index (χ3v) is 5.17. The van der Waals surface area contributed by atoms with Crippen molar-refractivity contribution in [2.45, 2.75) is 13.0 Å². The molecule has 136 valence electrons. The zero-order valence-corrected chi connectivity index (χ0v) is 15.1. The highest BCUT2D eigenvalue weighted by Gasteiger charge is 2.08. The summed E-state index contributed by atoms with van der Waals surface area (Å²) in [7, 11) is 0. The quantitative estimate of drug-likeness (QED) is 0.531. The third kappa shape index (κ3) is 3.85. The molecule has 2 N–H and O–H groups in total. The highest BCUT2D eigenvalue weighted by atomic mass is 32.1. The molecule has 0 aliphatic heterocycles. The van der Waals surface area contributed by atoms with Crippen molar-refractivity contribution < 1.29 is 14.2 Å². The molecule has 3 aromatic carbocycles. The molecule has 0 amide bonds. The minimum Gasteiger partial charge on any atom is -0.494 e. The number of nitrogens with one attached hydrogen (secondary N) is 1. The number of ether oxygens (including phenoxy) is 1. The first-order valence-electron chi connectivity index (χ1n) is 8.38. The van der Waals surface area contributed by atoms with Gasteiger partial charge in [0.25, 0.3) is 0 Å². The molecule has 4 aromatic rings. The van der Waals surface area contributed by atoms with Crippen LogP contribution in [0, 0.1) is 5.82 Å². The highest BCUT2D eigenvalue weighted by Crippen LogP contribution is 2.26. The Morgan fingerprint density at radius 2 is 1.81 bits per heavy atom. The van der Waals surface area contributed by atoms with E-state index in [2.05, 4.69) is 4.98 Å². The van der Waals surface area contributed by atoms with E-state index < -0.39 is 0 Å². The number of aromatic hydroxyl groups is 1. The van der Waals surface area contributed by atoms with Crippen molar-refractivity contribution in [1.29, 1.82) is 0 Å². The molecule has 0 saturated carbocycles. The minimum atomic E-state index is -0.279. The zero-order valence-electron chi connectivity index (χ0n) is 14.2. The highest BCUT2D eigenvalue weighted by molar-refractivity contribution is 7.09. The summed E-state index contributed by atoms with van der Waals surface area (Å²) >= 11 is 1.01. The first-order valence-corrected chi connectivity index (χ1v) is 9.20. The first kappa shape index (κ1) is 17.3. The van der Waals surface area contributed by atoms with Crippen molar-refractivity contribution in [2.24, 2.45) is 0 Å². The topological polar surface area (TPSA) is 62.3 Å². The molecule has 6 heteroatoms. The van der Waals surface area contributed by atoms with Crippen LogP contribution in [0.2, 0.25) is 0 Å². The van der Waals surface area contributed by atoms with Gasteiger partial charge in [-0.15, -0.1) is 0 Å². The van der Waals surface area contributed by atoms with Crippen LogP contribution in [0.15, 0.2) is 65.5 Å². The monoisotopic (exact) mass is 381 g/mol. The summed E-state index contributed by atoms with van der Waals surface area (Å²) in [6.45, 7) is 0.169. The van der Waals surface area contributed by atoms with Crippen molar-refractivity contribution >= 4 is 22.1 Å². The molecule has 0 fully saturated rings. The van der Waals surface area contributed by atoms with Crippen LogP contribution in [0.5, 0.6) is 11.6 Å². The number of benzene rings is 3. The van der Waals surface area contributed by atoms with E-state index in [1.165, 1.54) is 6.07 Å². The fourth-order valence-electron chi connectivity index (χ4n) is 2.91. The van der Waals surface area contributed by atoms with Gasteiger partial charge in [0.05, 0.1) is 4.88 Å². The van der Waals surface area contributed by atoms with E-state index in [1.807, 2.05) is 36.4 Å². The Morgan fingerprint density at radius 3 is 2.59 bits per heavy atom. The number of aromatic nitrogens is 1. The number of H-pyrrole nitrogens is 1. The lowest BCUT2D eigenvalue weighted by Gasteiger charge is -2.09. The third-order valence-electron chi connectivity index (χ3n) is 4.29. The molecule has 0 unspecified atom stereocenters. The lowest BCUT2D eigenvalue weighted by molar-refractivity contribution is 0.300. The molecule has 4 rings (SSSR count). The average Bonchev–Trinajstić information content (AvgIpc) is 2.98. The van der Waals surface area contributed by atoms with Crippen LogP contribution in [-0.4, -0.2) is 10.1 Å². The van der Waals surface area contributed by atoms with E-state index in [-0.39, 0.29) is 23.2 Å². The summed E-state index contributed by atoms with van der Waals surface area (Å²) < 4.78 is 19.4. The van der Waals surface area contributed by atoms with Crippen molar-refractivity contribution in [3.63, 3.8) is 0 Å². The lowest BCUT2D eigenvalue weighted by Crippen LogP contribution is -1.98. The van der Waals surface area contributed by atoms with E-state index in [0.717, 1.165) is 27.7 Å². The maximum absolute atomic E-state index is 13.7. The molecule has 0 atom stereocenters. The minimum absolute atomic E-state index is 0.0676. The Kier molecular flexibility index (Phi) is 4.64. The summed E-state index contributed by atoms with van der Waals surface area (Å²) in [4.78, 5) is 14.0. The summed E-state index contributed by atoms with van der Waals surface area (Å²) in [5.74, 6) is 0.320. The summed E-state index contributed by atoms with van der Waals surface area (Å²) in [6.07, 6.45) is 0.483. The smallest absolute Gasteiger partial charge is 0.307 e. The van der Waals surface area contributed by atoms with Crippen molar-refractivity contribution in [2.75, 3.05) is 0 Å². The molecule has 1 heterocycles. The van der Waals surface area contributed by atoms with Gasteiger partial charge in [0.1, 0.15) is 18.2 Å². The van der Waals surface area contributed by atoms with Crippen molar-refractivity contribution in [3.8, 4) is 11.6 Å². The number of hydrogen-bond donors (Lipinski definition) is 2. The van der Waals surface area contributed by atoms with Gasteiger partial charge in [0.15, 0.2) is 0 Å². The predicted octanol–water partition coefficient (Wildman–Crippen LogP) is 4.60. The Morgan fingerprint density at radius 1 is 1.04 bits per heavy atom. The number of thiazole rings is 1. The molecule has 27 heavy (non-hydrogen) atoms. The summed E-state index contributed by atoms with van der Waals surface area (Å²) in [5.41, 5.74) is 1.51. The normalized spacial score (nSPS) is 11.0. The van der Waals surface area contributed by atoms with Gasteiger partial charge in [0.2, 0.25) is 5.88 Å². The molecule has 4 nitrogen and oxygen atoms in total. The van der Waals surface area contributed by atoms with Crippen LogP contribution in [0.1, 0.15) is 16.0 Å². The Balaban J connectivity index is 1.52. The molecule has 0 spiro atoms. The molecule has 0 radical (unpaired) electrons. The molecular formula is C21H16FNO3S. The van der Waals surface area contributed by atoms with E-state index in [4.69, 9.17) is 4.74 Å². The fourth-order valence-corrected chi connectivity index (χ4v) is 3.66. The lowest BCUT2D eigenvalue weighted by atomic mass is 10.0. The van der Waals surface area contributed by atoms with Gasteiger partial charge in [-0.3, -0.25) is 9.78 Å². The molecule has 1 aromatic heterocycles. The predicted molar refractivity (Wildman–Crippen MR) is 104 cm³/mol. The van der Waals surface area contributed by atoms with E-state index in [0.29, 0.717) is 22.6 Å². The average molecular weight is 381 g/mol. The standard InChI is InChI=1S/C21H16FNO3S/c22-18-4-2-1-3-16(18)12-26-17-8-7-14-9-13(5-6-15(14)11-17)10-19-20(24)23-21(25)27-19/h1-9,11,24H,10,12H2,(H,23,25). The van der Waals surface area contributed by atoms with E-state index in [1.54, 1.807) is 18.2 Å². The SMILES string of the molecule is O=c1[nH]c(O)c(Cc2ccc3cc(OCc4ccccc4F)ccc3c2)s1. The Bertz CT molecular complexity index is 1170. The molecule has 0 bridgehead atoms. The molecule has 0 aliphatic carbocycles.